The van der Waals surface area contributed by atoms with E-state index in [0.717, 1.165) is 12.5 Å². The van der Waals surface area contributed by atoms with Crippen LogP contribution in [0.15, 0.2) is 11.6 Å². The highest BCUT2D eigenvalue weighted by atomic mass is 16.5. The fourth-order valence-electron chi connectivity index (χ4n) is 3.30. The molecule has 1 spiro atoms. The lowest BCUT2D eigenvalue weighted by atomic mass is 9.77. The second-order valence-electron chi connectivity index (χ2n) is 5.50. The number of rotatable bonds is 3. The highest BCUT2D eigenvalue weighted by Gasteiger charge is 2.38. The predicted octanol–water partition coefficient (Wildman–Crippen LogP) is 4.47. The molecule has 0 atom stereocenters. The first kappa shape index (κ1) is 12.2. The lowest BCUT2D eigenvalue weighted by Crippen LogP contribution is -2.32. The summed E-state index contributed by atoms with van der Waals surface area (Å²) >= 11 is 0. The molecule has 1 saturated heterocycles. The summed E-state index contributed by atoms with van der Waals surface area (Å²) in [6.07, 6.45) is 12.9. The molecule has 0 aromatic heterocycles. The van der Waals surface area contributed by atoms with Gasteiger partial charge in [0.25, 0.3) is 0 Å². The molecular formula is C15H26O. The van der Waals surface area contributed by atoms with Crippen molar-refractivity contribution in [3.63, 3.8) is 0 Å². The summed E-state index contributed by atoms with van der Waals surface area (Å²) in [7, 11) is 0. The van der Waals surface area contributed by atoms with Gasteiger partial charge in [-0.15, -0.1) is 0 Å². The molecule has 0 N–H and O–H groups in total. The summed E-state index contributed by atoms with van der Waals surface area (Å²) in [5.74, 6) is 0.838. The Labute approximate surface area is 100 Å². The Kier molecular flexibility index (Phi) is 4.07. The van der Waals surface area contributed by atoms with Crippen LogP contribution in [0.3, 0.4) is 0 Å². The molecule has 1 aliphatic heterocycles. The van der Waals surface area contributed by atoms with Gasteiger partial charge >= 0.3 is 0 Å². The quantitative estimate of drug-likeness (QED) is 0.640. The molecular weight excluding hydrogens is 196 g/mol. The molecule has 0 amide bonds. The minimum Gasteiger partial charge on any atom is -0.375 e. The zero-order valence-electron chi connectivity index (χ0n) is 10.9. The first-order valence-electron chi connectivity index (χ1n) is 7.11. The number of hydrogen-bond acceptors (Lipinski definition) is 1. The monoisotopic (exact) mass is 222 g/mol. The summed E-state index contributed by atoms with van der Waals surface area (Å²) in [5, 5.41) is 0. The van der Waals surface area contributed by atoms with Crippen LogP contribution in [0.4, 0.5) is 0 Å². The minimum absolute atomic E-state index is 0.308. The molecule has 0 aromatic carbocycles. The van der Waals surface area contributed by atoms with Gasteiger partial charge in [0, 0.05) is 6.61 Å². The van der Waals surface area contributed by atoms with Gasteiger partial charge in [-0.2, -0.15) is 0 Å². The van der Waals surface area contributed by atoms with Gasteiger partial charge in [0.15, 0.2) is 0 Å². The molecule has 2 aliphatic rings. The van der Waals surface area contributed by atoms with E-state index in [-0.39, 0.29) is 0 Å². The normalized spacial score (nSPS) is 34.2. The van der Waals surface area contributed by atoms with Gasteiger partial charge in [-0.3, -0.25) is 0 Å². The Bertz CT molecular complexity index is 232. The summed E-state index contributed by atoms with van der Waals surface area (Å²) in [6, 6.07) is 0. The molecule has 92 valence electrons. The third kappa shape index (κ3) is 2.68. The van der Waals surface area contributed by atoms with Gasteiger partial charge in [0.2, 0.25) is 0 Å². The Morgan fingerprint density at radius 3 is 2.38 bits per heavy atom. The molecule has 1 heterocycles. The lowest BCUT2D eigenvalue weighted by molar-refractivity contribution is -0.0307. The van der Waals surface area contributed by atoms with Crippen molar-refractivity contribution in [1.29, 1.82) is 0 Å². The molecule has 0 radical (unpaired) electrons. The molecule has 2 fully saturated rings. The van der Waals surface area contributed by atoms with Gasteiger partial charge < -0.3 is 4.74 Å². The van der Waals surface area contributed by atoms with Crippen molar-refractivity contribution in [3.05, 3.63) is 11.6 Å². The van der Waals surface area contributed by atoms with Crippen LogP contribution in [0.2, 0.25) is 0 Å². The van der Waals surface area contributed by atoms with Crippen LogP contribution in [-0.4, -0.2) is 12.2 Å². The van der Waals surface area contributed by atoms with E-state index in [1.165, 1.54) is 51.4 Å². The molecule has 0 unspecified atom stereocenters. The minimum atomic E-state index is 0.308. The summed E-state index contributed by atoms with van der Waals surface area (Å²) in [5.41, 5.74) is 1.96. The summed E-state index contributed by atoms with van der Waals surface area (Å²) < 4.78 is 5.97. The van der Waals surface area contributed by atoms with Crippen LogP contribution < -0.4 is 0 Å². The zero-order chi connectivity index (χ0) is 11.4. The Balaban J connectivity index is 1.87. The number of ether oxygens (including phenoxy) is 1. The van der Waals surface area contributed by atoms with Gasteiger partial charge in [-0.1, -0.05) is 25.5 Å². The zero-order valence-corrected chi connectivity index (χ0v) is 10.9. The van der Waals surface area contributed by atoms with E-state index in [1.54, 1.807) is 5.57 Å². The highest BCUT2D eigenvalue weighted by molar-refractivity contribution is 5.05. The van der Waals surface area contributed by atoms with Crippen molar-refractivity contribution < 1.29 is 4.74 Å². The van der Waals surface area contributed by atoms with Gasteiger partial charge in [0.05, 0.1) is 5.60 Å². The maximum atomic E-state index is 5.97. The van der Waals surface area contributed by atoms with Crippen LogP contribution in [0.25, 0.3) is 0 Å². The fraction of sp³-hybridized carbons (Fsp3) is 0.867. The second-order valence-corrected chi connectivity index (χ2v) is 5.50. The first-order valence-corrected chi connectivity index (χ1v) is 7.11. The van der Waals surface area contributed by atoms with E-state index >= 15 is 0 Å². The number of hydrogen-bond donors (Lipinski definition) is 0. The van der Waals surface area contributed by atoms with Crippen molar-refractivity contribution in [1.82, 2.24) is 0 Å². The molecule has 0 bridgehead atoms. The molecule has 16 heavy (non-hydrogen) atoms. The van der Waals surface area contributed by atoms with Crippen LogP contribution >= 0.6 is 0 Å². The smallest absolute Gasteiger partial charge is 0.0683 e. The maximum Gasteiger partial charge on any atom is 0.0683 e. The van der Waals surface area contributed by atoms with E-state index in [4.69, 9.17) is 4.74 Å². The van der Waals surface area contributed by atoms with E-state index in [9.17, 15) is 0 Å². The second kappa shape index (κ2) is 5.35. The average Bonchev–Trinajstić information content (AvgIpc) is 2.77. The van der Waals surface area contributed by atoms with Crippen molar-refractivity contribution in [2.45, 2.75) is 70.8 Å². The topological polar surface area (TPSA) is 9.23 Å². The predicted molar refractivity (Wildman–Crippen MR) is 68.5 cm³/mol. The summed E-state index contributed by atoms with van der Waals surface area (Å²) in [6.45, 7) is 5.56. The third-order valence-electron chi connectivity index (χ3n) is 4.51. The number of allylic oxidation sites excluding steroid dienone is 2. The molecule has 2 rings (SSSR count). The van der Waals surface area contributed by atoms with Gasteiger partial charge in [-0.05, 0) is 57.3 Å². The molecule has 1 saturated carbocycles. The molecule has 1 nitrogen and oxygen atoms in total. The average molecular weight is 222 g/mol. The van der Waals surface area contributed by atoms with Gasteiger partial charge in [-0.25, -0.2) is 0 Å². The van der Waals surface area contributed by atoms with Crippen molar-refractivity contribution in [3.8, 4) is 0 Å². The standard InChI is InChI=1S/C15H26O/c1-3-13(4-2)12-14-6-9-15(10-7-14)8-5-11-16-15/h12,14H,3-11H2,1-2H3. The van der Waals surface area contributed by atoms with Gasteiger partial charge in [0.1, 0.15) is 0 Å². The molecule has 0 aromatic rings. The Hall–Kier alpha value is -0.300. The lowest BCUT2D eigenvalue weighted by Gasteiger charge is -2.35. The van der Waals surface area contributed by atoms with Crippen LogP contribution in [0.5, 0.6) is 0 Å². The Morgan fingerprint density at radius 1 is 1.19 bits per heavy atom. The fourth-order valence-corrected chi connectivity index (χ4v) is 3.30. The largest absolute Gasteiger partial charge is 0.375 e. The van der Waals surface area contributed by atoms with Crippen molar-refractivity contribution >= 4 is 0 Å². The van der Waals surface area contributed by atoms with Crippen molar-refractivity contribution in [2.75, 3.05) is 6.61 Å². The third-order valence-corrected chi connectivity index (χ3v) is 4.51. The van der Waals surface area contributed by atoms with Crippen LogP contribution in [0.1, 0.15) is 65.2 Å². The SMILES string of the molecule is CCC(=CC1CCC2(CCCO2)CC1)CC. The summed E-state index contributed by atoms with van der Waals surface area (Å²) in [4.78, 5) is 0. The van der Waals surface area contributed by atoms with E-state index in [0.29, 0.717) is 5.60 Å². The van der Waals surface area contributed by atoms with E-state index in [2.05, 4.69) is 19.9 Å². The van der Waals surface area contributed by atoms with E-state index in [1.807, 2.05) is 0 Å². The molecule has 1 heteroatoms. The van der Waals surface area contributed by atoms with Crippen molar-refractivity contribution in [2.24, 2.45) is 5.92 Å². The molecule has 1 aliphatic carbocycles. The maximum absolute atomic E-state index is 5.97. The van der Waals surface area contributed by atoms with E-state index < -0.39 is 0 Å². The Morgan fingerprint density at radius 2 is 1.88 bits per heavy atom. The highest BCUT2D eigenvalue weighted by Crippen LogP contribution is 2.42. The van der Waals surface area contributed by atoms with Crippen LogP contribution in [0, 0.1) is 5.92 Å². The van der Waals surface area contributed by atoms with Crippen LogP contribution in [-0.2, 0) is 4.74 Å². The first-order chi connectivity index (χ1) is 7.78.